The van der Waals surface area contributed by atoms with Gasteiger partial charge in [0.25, 0.3) is 11.5 Å². The molecule has 3 heterocycles. The summed E-state index contributed by atoms with van der Waals surface area (Å²) in [6.45, 7) is 5.54. The van der Waals surface area contributed by atoms with Gasteiger partial charge in [-0.05, 0) is 103 Å². The van der Waals surface area contributed by atoms with Gasteiger partial charge >= 0.3 is 0 Å². The van der Waals surface area contributed by atoms with Crippen LogP contribution in [0.5, 0.6) is 0 Å². The third-order valence-electron chi connectivity index (χ3n) is 8.02. The fourth-order valence-electron chi connectivity index (χ4n) is 5.73. The van der Waals surface area contributed by atoms with Crippen LogP contribution in [0.3, 0.4) is 0 Å². The first-order valence-electron chi connectivity index (χ1n) is 14.6. The van der Waals surface area contributed by atoms with Gasteiger partial charge in [-0.2, -0.15) is 5.10 Å². The lowest BCUT2D eigenvalue weighted by Gasteiger charge is -2.15. The summed E-state index contributed by atoms with van der Waals surface area (Å²) in [7, 11) is 1.74. The molecule has 0 spiro atoms. The molecule has 9 heteroatoms. The maximum atomic E-state index is 13.3. The number of hydrogen-bond donors (Lipinski definition) is 2. The summed E-state index contributed by atoms with van der Waals surface area (Å²) in [4.78, 5) is 40.7. The predicted molar refractivity (Wildman–Crippen MR) is 176 cm³/mol. The van der Waals surface area contributed by atoms with Crippen molar-refractivity contribution in [3.05, 3.63) is 128 Å². The smallest absolute Gasteiger partial charge is 0.265 e. The minimum atomic E-state index is -0.338. The van der Waals surface area contributed by atoms with Crippen molar-refractivity contribution in [1.82, 2.24) is 14.3 Å². The average molecular weight is 604 g/mol. The number of nitrogens with one attached hydrogen (secondary N) is 2. The zero-order chi connectivity index (χ0) is 30.8. The Kier molecular flexibility index (Phi) is 8.13. The Morgan fingerprint density at radius 3 is 2.66 bits per heavy atom. The van der Waals surface area contributed by atoms with Crippen LogP contribution >= 0.6 is 11.3 Å². The van der Waals surface area contributed by atoms with Gasteiger partial charge in [0.15, 0.2) is 0 Å². The van der Waals surface area contributed by atoms with E-state index in [1.807, 2.05) is 61.7 Å². The molecule has 2 N–H and O–H groups in total. The van der Waals surface area contributed by atoms with Crippen LogP contribution in [0, 0.1) is 6.92 Å². The standard InChI is InChI=1S/C35H33N5O3S/c1-4-33(41)37-29-18-23(13-14-30(29)40-16-8-15-36-40)17-25-19-26(21-39(3)35(25)43)27-10-7-11-28(22(27)2)38-34(42)32-20-24-9-5-6-12-31(24)44-32/h4,7-8,10-11,13-16,18-21H,1,5-6,9,12,17H2,2-3H3,(H,37,41)(H,38,42). The van der Waals surface area contributed by atoms with E-state index in [0.29, 0.717) is 23.4 Å². The predicted octanol–water partition coefficient (Wildman–Crippen LogP) is 6.45. The van der Waals surface area contributed by atoms with Gasteiger partial charge in [-0.15, -0.1) is 11.3 Å². The normalized spacial score (nSPS) is 12.4. The Morgan fingerprint density at radius 2 is 1.89 bits per heavy atom. The van der Waals surface area contributed by atoms with Crippen molar-refractivity contribution in [2.24, 2.45) is 7.05 Å². The summed E-state index contributed by atoms with van der Waals surface area (Å²) in [6.07, 6.45) is 11.3. The number of fused-ring (bicyclic) bond motifs is 1. The molecule has 0 unspecified atom stereocenters. The van der Waals surface area contributed by atoms with E-state index >= 15 is 0 Å². The Bertz CT molecular complexity index is 1930. The maximum absolute atomic E-state index is 13.3. The van der Waals surface area contributed by atoms with Crippen LogP contribution < -0.4 is 16.2 Å². The number of pyridine rings is 1. The molecule has 5 aromatic rings. The van der Waals surface area contributed by atoms with Gasteiger partial charge in [0.2, 0.25) is 5.91 Å². The number of aryl methyl sites for hydroxylation is 3. The van der Waals surface area contributed by atoms with Crippen LogP contribution in [0.4, 0.5) is 11.4 Å². The van der Waals surface area contributed by atoms with E-state index in [2.05, 4.69) is 22.3 Å². The van der Waals surface area contributed by atoms with Gasteiger partial charge in [0, 0.05) is 48.2 Å². The molecular formula is C35H33N5O3S. The first-order chi connectivity index (χ1) is 21.3. The highest BCUT2D eigenvalue weighted by molar-refractivity contribution is 7.14. The molecule has 8 nitrogen and oxygen atoms in total. The van der Waals surface area contributed by atoms with Crippen LogP contribution in [-0.4, -0.2) is 26.2 Å². The van der Waals surface area contributed by atoms with Gasteiger partial charge in [-0.3, -0.25) is 14.4 Å². The summed E-state index contributed by atoms with van der Waals surface area (Å²) >= 11 is 1.60. The average Bonchev–Trinajstić information content (AvgIpc) is 3.71. The Morgan fingerprint density at radius 1 is 1.05 bits per heavy atom. The van der Waals surface area contributed by atoms with Crippen LogP contribution in [-0.2, 0) is 31.1 Å². The minimum absolute atomic E-state index is 0.0938. The molecule has 2 amide bonds. The first kappa shape index (κ1) is 29.1. The van der Waals surface area contributed by atoms with Crippen LogP contribution in [0.15, 0.2) is 90.6 Å². The van der Waals surface area contributed by atoms with E-state index in [0.717, 1.165) is 45.7 Å². The topological polar surface area (TPSA) is 98.0 Å². The fourth-order valence-corrected chi connectivity index (χ4v) is 6.88. The largest absolute Gasteiger partial charge is 0.321 e. The highest BCUT2D eigenvalue weighted by Gasteiger charge is 2.19. The number of hydrogen-bond acceptors (Lipinski definition) is 5. The number of amides is 2. The van der Waals surface area contributed by atoms with Crippen molar-refractivity contribution in [3.63, 3.8) is 0 Å². The highest BCUT2D eigenvalue weighted by atomic mass is 32.1. The number of benzene rings is 2. The van der Waals surface area contributed by atoms with Gasteiger partial charge < -0.3 is 15.2 Å². The number of nitrogens with zero attached hydrogens (tertiary/aromatic N) is 3. The Balaban J connectivity index is 1.30. The third kappa shape index (κ3) is 5.91. The molecule has 0 fully saturated rings. The third-order valence-corrected chi connectivity index (χ3v) is 9.26. The van der Waals surface area contributed by atoms with E-state index in [-0.39, 0.29) is 17.4 Å². The van der Waals surface area contributed by atoms with E-state index in [1.54, 1.807) is 46.1 Å². The van der Waals surface area contributed by atoms with E-state index < -0.39 is 0 Å². The molecule has 6 rings (SSSR count). The lowest BCUT2D eigenvalue weighted by molar-refractivity contribution is -0.111. The summed E-state index contributed by atoms with van der Waals surface area (Å²) in [6, 6.07) is 17.2. The molecular weight excluding hydrogens is 570 g/mol. The quantitative estimate of drug-likeness (QED) is 0.199. The molecule has 0 saturated heterocycles. The molecule has 2 aromatic carbocycles. The van der Waals surface area contributed by atoms with E-state index in [1.165, 1.54) is 29.4 Å². The number of thiophene rings is 1. The number of rotatable bonds is 8. The van der Waals surface area contributed by atoms with Crippen molar-refractivity contribution < 1.29 is 9.59 Å². The SMILES string of the molecule is C=CC(=O)Nc1cc(Cc2cc(-c3cccc(NC(=O)c4cc5c(s4)CCCC5)c3C)cn(C)c2=O)ccc1-n1cccn1. The molecule has 1 aliphatic rings. The minimum Gasteiger partial charge on any atom is -0.321 e. The van der Waals surface area contributed by atoms with E-state index in [4.69, 9.17) is 0 Å². The zero-order valence-electron chi connectivity index (χ0n) is 24.7. The summed E-state index contributed by atoms with van der Waals surface area (Å²) in [5.74, 6) is -0.432. The number of aromatic nitrogens is 3. The molecule has 222 valence electrons. The molecule has 0 saturated carbocycles. The van der Waals surface area contributed by atoms with Gasteiger partial charge in [-0.1, -0.05) is 24.8 Å². The number of anilines is 2. The summed E-state index contributed by atoms with van der Waals surface area (Å²) in [5.41, 5.74) is 7.39. The lowest BCUT2D eigenvalue weighted by atomic mass is 9.97. The van der Waals surface area contributed by atoms with Crippen molar-refractivity contribution >= 4 is 34.5 Å². The zero-order valence-corrected chi connectivity index (χ0v) is 25.5. The van der Waals surface area contributed by atoms with Crippen molar-refractivity contribution in [2.75, 3.05) is 10.6 Å². The van der Waals surface area contributed by atoms with Crippen molar-refractivity contribution in [3.8, 4) is 16.8 Å². The Labute approximate surface area is 259 Å². The lowest BCUT2D eigenvalue weighted by Crippen LogP contribution is -2.21. The second-order valence-corrected chi connectivity index (χ2v) is 12.2. The number of carbonyl (C=O) groups is 2. The van der Waals surface area contributed by atoms with Crippen LogP contribution in [0.2, 0.25) is 0 Å². The first-order valence-corrected chi connectivity index (χ1v) is 15.4. The number of carbonyl (C=O) groups excluding carboxylic acids is 2. The monoisotopic (exact) mass is 603 g/mol. The summed E-state index contributed by atoms with van der Waals surface area (Å²) in [5, 5.41) is 10.3. The molecule has 1 aliphatic carbocycles. The maximum Gasteiger partial charge on any atom is 0.265 e. The second kappa shape index (κ2) is 12.3. The molecule has 3 aromatic heterocycles. The van der Waals surface area contributed by atoms with Gasteiger partial charge in [0.05, 0.1) is 16.3 Å². The molecule has 44 heavy (non-hydrogen) atoms. The van der Waals surface area contributed by atoms with Crippen molar-refractivity contribution in [1.29, 1.82) is 0 Å². The van der Waals surface area contributed by atoms with Crippen molar-refractivity contribution in [2.45, 2.75) is 39.0 Å². The fraction of sp³-hybridized carbons (Fsp3) is 0.200. The molecule has 0 bridgehead atoms. The molecule has 0 aliphatic heterocycles. The molecule has 0 radical (unpaired) electrons. The van der Waals surface area contributed by atoms with Gasteiger partial charge in [-0.25, -0.2) is 4.68 Å². The highest BCUT2D eigenvalue weighted by Crippen LogP contribution is 2.32. The summed E-state index contributed by atoms with van der Waals surface area (Å²) < 4.78 is 3.26. The van der Waals surface area contributed by atoms with E-state index in [9.17, 15) is 14.4 Å². The van der Waals surface area contributed by atoms with Gasteiger partial charge in [0.1, 0.15) is 0 Å². The van der Waals surface area contributed by atoms with Crippen LogP contribution in [0.25, 0.3) is 16.8 Å². The van der Waals surface area contributed by atoms with Crippen LogP contribution in [0.1, 0.15) is 49.6 Å². The Hall–Kier alpha value is -5.02. The molecule has 0 atom stereocenters. The second-order valence-electron chi connectivity index (χ2n) is 11.0.